The van der Waals surface area contributed by atoms with Crippen LogP contribution in [0.15, 0.2) is 18.2 Å². The van der Waals surface area contributed by atoms with Gasteiger partial charge in [-0.3, -0.25) is 19.7 Å². The van der Waals surface area contributed by atoms with Crippen molar-refractivity contribution >= 4 is 23.5 Å². The van der Waals surface area contributed by atoms with E-state index in [1.165, 1.54) is 32.2 Å². The van der Waals surface area contributed by atoms with Crippen LogP contribution >= 0.6 is 0 Å². The Bertz CT molecular complexity index is 749. The molecule has 26 heavy (non-hydrogen) atoms. The van der Waals surface area contributed by atoms with Gasteiger partial charge in [0.2, 0.25) is 5.91 Å². The lowest BCUT2D eigenvalue weighted by Crippen LogP contribution is -2.45. The number of carbonyl (C=O) groups excluding carboxylic acids is 2. The molecule has 0 spiro atoms. The van der Waals surface area contributed by atoms with Gasteiger partial charge in [0.25, 0.3) is 11.6 Å². The number of carboxylic acids is 1. The molecule has 0 saturated carbocycles. The highest BCUT2D eigenvalue weighted by Gasteiger charge is 2.39. The van der Waals surface area contributed by atoms with E-state index < -0.39 is 28.7 Å². The summed E-state index contributed by atoms with van der Waals surface area (Å²) in [5, 5.41) is 22.4. The molecule has 0 bridgehead atoms. The minimum atomic E-state index is -1.13. The van der Waals surface area contributed by atoms with Crippen LogP contribution in [0.4, 0.5) is 5.69 Å². The lowest BCUT2D eigenvalue weighted by atomic mass is 10.1. The molecule has 2 atom stereocenters. The largest absolute Gasteiger partial charge is 0.480 e. The molecule has 0 aliphatic carbocycles. The molecule has 0 radical (unpaired) electrons. The summed E-state index contributed by atoms with van der Waals surface area (Å²) < 4.78 is 5.11. The number of aryl methyl sites for hydroxylation is 1. The third-order valence-electron chi connectivity index (χ3n) is 4.26. The highest BCUT2D eigenvalue weighted by atomic mass is 16.6. The molecule has 10 heteroatoms. The molecule has 2 unspecified atom stereocenters. The van der Waals surface area contributed by atoms with Gasteiger partial charge < -0.3 is 20.1 Å². The molecule has 2 amide bonds. The number of hydrogen-bond acceptors (Lipinski definition) is 6. The van der Waals surface area contributed by atoms with Crippen LogP contribution < -0.4 is 5.32 Å². The minimum Gasteiger partial charge on any atom is -0.480 e. The van der Waals surface area contributed by atoms with Crippen LogP contribution in [0.2, 0.25) is 0 Å². The van der Waals surface area contributed by atoms with Gasteiger partial charge in [0.15, 0.2) is 0 Å². The second-order valence-electron chi connectivity index (χ2n) is 5.93. The van der Waals surface area contributed by atoms with E-state index in [4.69, 9.17) is 4.74 Å². The Labute approximate surface area is 148 Å². The van der Waals surface area contributed by atoms with Gasteiger partial charge in [-0.05, 0) is 19.1 Å². The molecule has 1 aromatic carbocycles. The maximum atomic E-state index is 12.3. The third kappa shape index (κ3) is 4.14. The molecular weight excluding hydrogens is 346 g/mol. The van der Waals surface area contributed by atoms with Crippen molar-refractivity contribution in [1.82, 2.24) is 10.2 Å². The smallest absolute Gasteiger partial charge is 0.326 e. The van der Waals surface area contributed by atoms with E-state index in [0.29, 0.717) is 5.56 Å². The van der Waals surface area contributed by atoms with Gasteiger partial charge in [0, 0.05) is 37.3 Å². The first-order chi connectivity index (χ1) is 12.2. The number of carbonyl (C=O) groups is 3. The van der Waals surface area contributed by atoms with Crippen molar-refractivity contribution in [2.75, 3.05) is 20.2 Å². The zero-order valence-electron chi connectivity index (χ0n) is 14.3. The van der Waals surface area contributed by atoms with Crippen LogP contribution in [0.5, 0.6) is 0 Å². The zero-order valence-corrected chi connectivity index (χ0v) is 14.3. The van der Waals surface area contributed by atoms with Gasteiger partial charge in [0.1, 0.15) is 6.04 Å². The van der Waals surface area contributed by atoms with Gasteiger partial charge in [-0.1, -0.05) is 0 Å². The Hall–Kier alpha value is -3.01. The molecule has 2 N–H and O–H groups in total. The highest BCUT2D eigenvalue weighted by molar-refractivity contribution is 5.97. The molecule has 140 valence electrons. The van der Waals surface area contributed by atoms with Crippen molar-refractivity contribution in [2.24, 2.45) is 0 Å². The first-order valence-electron chi connectivity index (χ1n) is 7.83. The molecule has 1 heterocycles. The van der Waals surface area contributed by atoms with Gasteiger partial charge in [-0.2, -0.15) is 0 Å². The van der Waals surface area contributed by atoms with E-state index in [1.54, 1.807) is 0 Å². The fraction of sp³-hybridized carbons (Fsp3) is 0.438. The van der Waals surface area contributed by atoms with E-state index in [2.05, 4.69) is 5.32 Å². The summed E-state index contributed by atoms with van der Waals surface area (Å²) in [7, 11) is 1.44. The number of nitrogens with zero attached hydrogens (tertiary/aromatic N) is 2. The van der Waals surface area contributed by atoms with E-state index in [9.17, 15) is 29.6 Å². The minimum absolute atomic E-state index is 0.107. The number of ether oxygens (including phenoxy) is 1. The summed E-state index contributed by atoms with van der Waals surface area (Å²) in [5.74, 6) is -2.25. The lowest BCUT2D eigenvalue weighted by molar-refractivity contribution is -0.385. The summed E-state index contributed by atoms with van der Waals surface area (Å²) in [4.78, 5) is 47.1. The second-order valence-corrected chi connectivity index (χ2v) is 5.93. The van der Waals surface area contributed by atoms with Crippen LogP contribution in [0, 0.1) is 17.0 Å². The van der Waals surface area contributed by atoms with Crippen LogP contribution in [0.1, 0.15) is 22.3 Å². The zero-order chi connectivity index (χ0) is 19.4. The number of aliphatic carboxylic acids is 1. The molecule has 10 nitrogen and oxygen atoms in total. The average molecular weight is 365 g/mol. The van der Waals surface area contributed by atoms with Crippen LogP contribution in [0.3, 0.4) is 0 Å². The Morgan fingerprint density at radius 1 is 1.42 bits per heavy atom. The van der Waals surface area contributed by atoms with Crippen LogP contribution in [0.25, 0.3) is 0 Å². The molecular formula is C16H19N3O7. The number of amides is 2. The first-order valence-corrected chi connectivity index (χ1v) is 7.83. The molecule has 1 saturated heterocycles. The van der Waals surface area contributed by atoms with Gasteiger partial charge in [0.05, 0.1) is 17.6 Å². The van der Waals surface area contributed by atoms with Crippen molar-refractivity contribution < 1.29 is 29.2 Å². The van der Waals surface area contributed by atoms with Crippen LogP contribution in [-0.4, -0.2) is 65.1 Å². The maximum absolute atomic E-state index is 12.3. The quantitative estimate of drug-likeness (QED) is 0.547. The third-order valence-corrected chi connectivity index (χ3v) is 4.26. The van der Waals surface area contributed by atoms with E-state index in [1.807, 2.05) is 0 Å². The SMILES string of the molecule is COC1CC(C(=O)O)N(C(=O)CNC(=O)c2ccc([N+](=O)[O-])c(C)c2)C1. The average Bonchev–Trinajstić information content (AvgIpc) is 3.03. The first kappa shape index (κ1) is 19.3. The number of methoxy groups -OCH3 is 1. The Morgan fingerprint density at radius 3 is 2.65 bits per heavy atom. The Balaban J connectivity index is 2.00. The van der Waals surface area contributed by atoms with Gasteiger partial charge in [-0.25, -0.2) is 4.79 Å². The fourth-order valence-electron chi connectivity index (χ4n) is 2.84. The van der Waals surface area contributed by atoms with Crippen molar-refractivity contribution in [3.8, 4) is 0 Å². The van der Waals surface area contributed by atoms with Crippen molar-refractivity contribution in [2.45, 2.75) is 25.5 Å². The monoisotopic (exact) mass is 365 g/mol. The van der Waals surface area contributed by atoms with Crippen molar-refractivity contribution in [3.05, 3.63) is 39.4 Å². The summed E-state index contributed by atoms with van der Waals surface area (Å²) >= 11 is 0. The summed E-state index contributed by atoms with van der Waals surface area (Å²) in [6.45, 7) is 1.26. The second kappa shape index (κ2) is 7.91. The number of nitro benzene ring substituents is 1. The number of carboxylic acid groups (broad SMARTS) is 1. The van der Waals surface area contributed by atoms with Crippen molar-refractivity contribution in [1.29, 1.82) is 0 Å². The number of nitro groups is 1. The molecule has 1 aliphatic rings. The van der Waals surface area contributed by atoms with E-state index in [0.717, 1.165) is 4.90 Å². The Morgan fingerprint density at radius 2 is 2.12 bits per heavy atom. The maximum Gasteiger partial charge on any atom is 0.326 e. The molecule has 1 aromatic rings. The molecule has 0 aromatic heterocycles. The molecule has 2 rings (SSSR count). The highest BCUT2D eigenvalue weighted by Crippen LogP contribution is 2.21. The Kier molecular flexibility index (Phi) is 5.88. The van der Waals surface area contributed by atoms with Gasteiger partial charge in [-0.15, -0.1) is 0 Å². The number of hydrogen-bond donors (Lipinski definition) is 2. The van der Waals surface area contributed by atoms with E-state index in [-0.39, 0.29) is 36.9 Å². The topological polar surface area (TPSA) is 139 Å². The predicted octanol–water partition coefficient (Wildman–Crippen LogP) is 0.334. The fourth-order valence-corrected chi connectivity index (χ4v) is 2.84. The lowest BCUT2D eigenvalue weighted by Gasteiger charge is -2.21. The number of likely N-dealkylation sites (tertiary alicyclic amines) is 1. The summed E-state index contributed by atoms with van der Waals surface area (Å²) in [6.07, 6.45) is -0.180. The molecule has 1 aliphatic heterocycles. The summed E-state index contributed by atoms with van der Waals surface area (Å²) in [6, 6.07) is 2.87. The predicted molar refractivity (Wildman–Crippen MR) is 88.7 cm³/mol. The van der Waals surface area contributed by atoms with Gasteiger partial charge >= 0.3 is 5.97 Å². The summed E-state index contributed by atoms with van der Waals surface area (Å²) in [5.41, 5.74) is 0.388. The number of rotatable bonds is 6. The van der Waals surface area contributed by atoms with Crippen molar-refractivity contribution in [3.63, 3.8) is 0 Å². The standard InChI is InChI=1S/C16H19N3O7/c1-9-5-10(3-4-12(9)19(24)25)15(21)17-7-14(20)18-8-11(26-2)6-13(18)16(22)23/h3-5,11,13H,6-8H2,1-2H3,(H,17,21)(H,22,23). The number of nitrogens with one attached hydrogen (secondary N) is 1. The normalized spacial score (nSPS) is 19.2. The van der Waals surface area contributed by atoms with Crippen LogP contribution in [-0.2, 0) is 14.3 Å². The number of benzene rings is 1. The van der Waals surface area contributed by atoms with E-state index >= 15 is 0 Å². The molecule has 1 fully saturated rings.